The first kappa shape index (κ1) is 19.6. The molecule has 2 aromatic rings. The standard InChI is InChI=1S/C15H21N3O3.CH2O2/c1-15(2,20-4)14-9-12(16-18(14)3)10-21-13-7-5-11(17-19)6-8-13;2-1-3/h5-9,17,19H,10H2,1-4H3;1H,(H,2,3)/p+1. The zero-order valence-corrected chi connectivity index (χ0v) is 14.3. The van der Waals surface area contributed by atoms with E-state index in [-0.39, 0.29) is 6.47 Å². The van der Waals surface area contributed by atoms with Gasteiger partial charge in [0.15, 0.2) is 5.69 Å². The van der Waals surface area contributed by atoms with Crippen LogP contribution in [-0.2, 0) is 28.8 Å². The minimum Gasteiger partial charge on any atom is -0.487 e. The van der Waals surface area contributed by atoms with Crippen LogP contribution in [0.3, 0.4) is 0 Å². The van der Waals surface area contributed by atoms with E-state index in [0.29, 0.717) is 6.61 Å². The number of benzene rings is 1. The van der Waals surface area contributed by atoms with Gasteiger partial charge >= 0.3 is 0 Å². The SMILES string of the molecule is COC(C)(C)c1cc(COc2ccc([NH2+]O)cc2)nn1C.O=CO. The summed E-state index contributed by atoms with van der Waals surface area (Å²) in [6, 6.07) is 9.18. The predicted molar refractivity (Wildman–Crippen MR) is 86.1 cm³/mol. The lowest BCUT2D eigenvalue weighted by Crippen LogP contribution is -2.73. The van der Waals surface area contributed by atoms with Gasteiger partial charge in [-0.05, 0) is 32.0 Å². The third-order valence-corrected chi connectivity index (χ3v) is 3.47. The second kappa shape index (κ2) is 9.02. The molecule has 1 aromatic heterocycles. The summed E-state index contributed by atoms with van der Waals surface area (Å²) < 4.78 is 13.0. The van der Waals surface area contributed by atoms with Gasteiger partial charge in [-0.15, -0.1) is 0 Å². The van der Waals surface area contributed by atoms with Gasteiger partial charge < -0.3 is 14.6 Å². The van der Waals surface area contributed by atoms with Gasteiger partial charge in [0.2, 0.25) is 0 Å². The quantitative estimate of drug-likeness (QED) is 0.414. The summed E-state index contributed by atoms with van der Waals surface area (Å²) in [6.45, 7) is 4.13. The molecule has 8 nitrogen and oxygen atoms in total. The number of carboxylic acid groups (broad SMARTS) is 1. The number of aryl methyl sites for hydroxylation is 1. The molecule has 4 N–H and O–H groups in total. The third kappa shape index (κ3) is 5.34. The Labute approximate surface area is 140 Å². The van der Waals surface area contributed by atoms with Crippen molar-refractivity contribution >= 4 is 12.2 Å². The second-order valence-electron chi connectivity index (χ2n) is 5.45. The summed E-state index contributed by atoms with van der Waals surface area (Å²) in [7, 11) is 3.58. The molecule has 0 aliphatic carbocycles. The molecule has 2 rings (SSSR count). The number of nitrogens with zero attached hydrogens (tertiary/aromatic N) is 2. The summed E-state index contributed by atoms with van der Waals surface area (Å²) in [5.41, 5.74) is 3.24. The topological polar surface area (TPSA) is 110 Å². The number of hydrogen-bond donors (Lipinski definition) is 3. The highest BCUT2D eigenvalue weighted by molar-refractivity contribution is 5.35. The van der Waals surface area contributed by atoms with E-state index in [0.717, 1.165) is 28.3 Å². The number of nitrogens with two attached hydrogens (primary N) is 1. The minimum absolute atomic E-state index is 0.250. The second-order valence-corrected chi connectivity index (χ2v) is 5.45. The molecule has 0 unspecified atom stereocenters. The Bertz CT molecular complexity index is 638. The number of rotatable bonds is 6. The van der Waals surface area contributed by atoms with Crippen molar-refractivity contribution in [3.8, 4) is 5.75 Å². The maximum atomic E-state index is 8.88. The van der Waals surface area contributed by atoms with Crippen LogP contribution in [0, 0.1) is 0 Å². The van der Waals surface area contributed by atoms with Crippen molar-refractivity contribution < 1.29 is 30.1 Å². The molecular weight excluding hydrogens is 314 g/mol. The number of carbonyl (C=O) groups is 1. The van der Waals surface area contributed by atoms with Crippen LogP contribution in [0.25, 0.3) is 0 Å². The monoisotopic (exact) mass is 338 g/mol. The summed E-state index contributed by atoms with van der Waals surface area (Å²) in [6.07, 6.45) is 0. The first-order valence-electron chi connectivity index (χ1n) is 7.24. The van der Waals surface area contributed by atoms with Crippen molar-refractivity contribution in [1.82, 2.24) is 9.78 Å². The van der Waals surface area contributed by atoms with Crippen LogP contribution in [0.15, 0.2) is 30.3 Å². The molecule has 0 bridgehead atoms. The van der Waals surface area contributed by atoms with Crippen molar-refractivity contribution in [2.75, 3.05) is 7.11 Å². The molecule has 0 aliphatic rings. The average molecular weight is 338 g/mol. The molecular formula is C16H24N3O5+. The van der Waals surface area contributed by atoms with E-state index in [1.807, 2.05) is 43.8 Å². The van der Waals surface area contributed by atoms with Gasteiger partial charge in [0.25, 0.3) is 6.47 Å². The lowest BCUT2D eigenvalue weighted by molar-refractivity contribution is -0.825. The van der Waals surface area contributed by atoms with E-state index in [2.05, 4.69) is 5.10 Å². The largest absolute Gasteiger partial charge is 0.487 e. The fourth-order valence-corrected chi connectivity index (χ4v) is 2.07. The molecule has 1 aromatic carbocycles. The first-order chi connectivity index (χ1) is 11.4. The maximum absolute atomic E-state index is 8.88. The number of hydrogen-bond acceptors (Lipinski definition) is 5. The van der Waals surface area contributed by atoms with Gasteiger partial charge in [0, 0.05) is 26.3 Å². The fourth-order valence-electron chi connectivity index (χ4n) is 2.07. The normalized spacial score (nSPS) is 10.7. The van der Waals surface area contributed by atoms with Gasteiger partial charge in [-0.3, -0.25) is 9.48 Å². The van der Waals surface area contributed by atoms with Gasteiger partial charge in [-0.2, -0.15) is 10.6 Å². The van der Waals surface area contributed by atoms with E-state index in [1.165, 1.54) is 0 Å². The van der Waals surface area contributed by atoms with Gasteiger partial charge in [0.1, 0.15) is 23.7 Å². The highest BCUT2D eigenvalue weighted by Gasteiger charge is 2.24. The minimum atomic E-state index is -0.390. The lowest BCUT2D eigenvalue weighted by Gasteiger charge is -2.22. The zero-order chi connectivity index (χ0) is 18.2. The number of methoxy groups -OCH3 is 1. The fraction of sp³-hybridized carbons (Fsp3) is 0.375. The molecule has 0 aliphatic heterocycles. The summed E-state index contributed by atoms with van der Waals surface area (Å²) in [4.78, 5) is 8.36. The van der Waals surface area contributed by atoms with E-state index in [9.17, 15) is 0 Å². The number of aromatic nitrogens is 2. The van der Waals surface area contributed by atoms with Crippen LogP contribution < -0.4 is 10.2 Å². The Morgan fingerprint density at radius 3 is 2.42 bits per heavy atom. The predicted octanol–water partition coefficient (Wildman–Crippen LogP) is 1.17. The van der Waals surface area contributed by atoms with Crippen LogP contribution in [0.1, 0.15) is 25.2 Å². The van der Waals surface area contributed by atoms with Crippen LogP contribution in [0.5, 0.6) is 5.75 Å². The summed E-state index contributed by atoms with van der Waals surface area (Å²) in [5.74, 6) is 0.735. The van der Waals surface area contributed by atoms with E-state index in [4.69, 9.17) is 24.6 Å². The molecule has 8 heteroatoms. The zero-order valence-electron chi connectivity index (χ0n) is 14.3. The average Bonchev–Trinajstić information content (AvgIpc) is 2.96. The maximum Gasteiger partial charge on any atom is 0.290 e. The van der Waals surface area contributed by atoms with Gasteiger partial charge in [-0.1, -0.05) is 0 Å². The molecule has 24 heavy (non-hydrogen) atoms. The van der Waals surface area contributed by atoms with Crippen LogP contribution >= 0.6 is 0 Å². The lowest BCUT2D eigenvalue weighted by atomic mass is 10.1. The van der Waals surface area contributed by atoms with E-state index in [1.54, 1.807) is 19.2 Å². The smallest absolute Gasteiger partial charge is 0.290 e. The van der Waals surface area contributed by atoms with Gasteiger partial charge in [0.05, 0.1) is 5.69 Å². The van der Waals surface area contributed by atoms with Crippen LogP contribution in [0.2, 0.25) is 0 Å². The molecule has 0 amide bonds. The van der Waals surface area contributed by atoms with Crippen molar-refractivity contribution in [2.24, 2.45) is 7.05 Å². The Balaban J connectivity index is 0.000000891. The molecule has 0 saturated carbocycles. The highest BCUT2D eigenvalue weighted by atomic mass is 16.5. The first-order valence-corrected chi connectivity index (χ1v) is 7.24. The molecule has 0 fully saturated rings. The third-order valence-electron chi connectivity index (χ3n) is 3.47. The van der Waals surface area contributed by atoms with Crippen molar-refractivity contribution in [3.63, 3.8) is 0 Å². The van der Waals surface area contributed by atoms with Crippen molar-refractivity contribution in [1.29, 1.82) is 0 Å². The van der Waals surface area contributed by atoms with Gasteiger partial charge in [-0.25, -0.2) is 5.21 Å². The summed E-state index contributed by atoms with van der Waals surface area (Å²) >= 11 is 0. The van der Waals surface area contributed by atoms with E-state index >= 15 is 0 Å². The van der Waals surface area contributed by atoms with Crippen molar-refractivity contribution in [3.05, 3.63) is 41.7 Å². The molecule has 1 heterocycles. The highest BCUT2D eigenvalue weighted by Crippen LogP contribution is 2.24. The van der Waals surface area contributed by atoms with Crippen LogP contribution in [0.4, 0.5) is 5.69 Å². The van der Waals surface area contributed by atoms with Crippen LogP contribution in [-0.4, -0.2) is 33.7 Å². The number of ether oxygens (including phenoxy) is 2. The molecule has 0 spiro atoms. The van der Waals surface area contributed by atoms with Crippen molar-refractivity contribution in [2.45, 2.75) is 26.1 Å². The summed E-state index contributed by atoms with van der Waals surface area (Å²) in [5, 5.41) is 20.2. The molecule has 0 atom stereocenters. The van der Waals surface area contributed by atoms with E-state index < -0.39 is 5.60 Å². The molecule has 0 radical (unpaired) electrons. The Hall–Kier alpha value is -2.42. The molecule has 132 valence electrons. The Morgan fingerprint density at radius 1 is 1.33 bits per heavy atom. The number of quaternary nitrogens is 1. The molecule has 0 saturated heterocycles. The Kier molecular flexibility index (Phi) is 7.37. The Morgan fingerprint density at radius 2 is 1.92 bits per heavy atom.